The van der Waals surface area contributed by atoms with Gasteiger partial charge in [-0.2, -0.15) is 0 Å². The van der Waals surface area contributed by atoms with Crippen molar-refractivity contribution in [1.29, 1.82) is 0 Å². The van der Waals surface area contributed by atoms with Gasteiger partial charge in [0.2, 0.25) is 5.91 Å². The second-order valence-electron chi connectivity index (χ2n) is 4.30. The van der Waals surface area contributed by atoms with Gasteiger partial charge in [0.25, 0.3) is 0 Å². The first-order valence-corrected chi connectivity index (χ1v) is 5.77. The minimum atomic E-state index is -0.878. The van der Waals surface area contributed by atoms with Gasteiger partial charge in [-0.3, -0.25) is 14.6 Å². The van der Waals surface area contributed by atoms with Crippen LogP contribution in [0.25, 0.3) is 0 Å². The van der Waals surface area contributed by atoms with E-state index < -0.39 is 11.9 Å². The predicted octanol–water partition coefficient (Wildman–Crippen LogP) is -0.286. The SMILES string of the molecule is O=C(O)C1CNCC(=O)N(Cc2ccncc2)C1. The molecule has 2 rings (SSSR count). The fourth-order valence-electron chi connectivity index (χ4n) is 1.92. The zero-order valence-electron chi connectivity index (χ0n) is 9.87. The summed E-state index contributed by atoms with van der Waals surface area (Å²) in [7, 11) is 0. The highest BCUT2D eigenvalue weighted by Gasteiger charge is 2.27. The van der Waals surface area contributed by atoms with E-state index in [1.54, 1.807) is 17.3 Å². The molecule has 0 spiro atoms. The van der Waals surface area contributed by atoms with Crippen LogP contribution in [0.3, 0.4) is 0 Å². The van der Waals surface area contributed by atoms with Crippen molar-refractivity contribution in [2.24, 2.45) is 5.92 Å². The predicted molar refractivity (Wildman–Crippen MR) is 63.6 cm³/mol. The van der Waals surface area contributed by atoms with Gasteiger partial charge in [0, 0.05) is 32.0 Å². The Bertz CT molecular complexity index is 435. The summed E-state index contributed by atoms with van der Waals surface area (Å²) in [6.07, 6.45) is 3.31. The van der Waals surface area contributed by atoms with Crippen LogP contribution in [0.5, 0.6) is 0 Å². The van der Waals surface area contributed by atoms with E-state index in [4.69, 9.17) is 5.11 Å². The van der Waals surface area contributed by atoms with E-state index in [-0.39, 0.29) is 19.0 Å². The fourth-order valence-corrected chi connectivity index (χ4v) is 1.92. The molecule has 1 aliphatic rings. The van der Waals surface area contributed by atoms with Gasteiger partial charge in [-0.1, -0.05) is 0 Å². The Hall–Kier alpha value is -1.95. The second kappa shape index (κ2) is 5.59. The molecule has 0 aliphatic carbocycles. The Morgan fingerprint density at radius 2 is 2.22 bits per heavy atom. The first-order chi connectivity index (χ1) is 8.66. The molecular formula is C12H15N3O3. The number of aromatic nitrogens is 1. The molecule has 1 aromatic rings. The molecule has 18 heavy (non-hydrogen) atoms. The van der Waals surface area contributed by atoms with Gasteiger partial charge in [-0.15, -0.1) is 0 Å². The molecule has 6 nitrogen and oxygen atoms in total. The van der Waals surface area contributed by atoms with E-state index >= 15 is 0 Å². The highest BCUT2D eigenvalue weighted by atomic mass is 16.4. The number of aliphatic carboxylic acids is 1. The van der Waals surface area contributed by atoms with Crippen LogP contribution in [0.2, 0.25) is 0 Å². The van der Waals surface area contributed by atoms with Crippen molar-refractivity contribution in [2.75, 3.05) is 19.6 Å². The first kappa shape index (κ1) is 12.5. The van der Waals surface area contributed by atoms with Crippen molar-refractivity contribution in [2.45, 2.75) is 6.54 Å². The van der Waals surface area contributed by atoms with Crippen LogP contribution in [0.4, 0.5) is 0 Å². The van der Waals surface area contributed by atoms with Crippen molar-refractivity contribution in [1.82, 2.24) is 15.2 Å². The zero-order valence-corrected chi connectivity index (χ0v) is 9.87. The largest absolute Gasteiger partial charge is 0.481 e. The zero-order chi connectivity index (χ0) is 13.0. The molecule has 1 saturated heterocycles. The van der Waals surface area contributed by atoms with Gasteiger partial charge >= 0.3 is 5.97 Å². The lowest BCUT2D eigenvalue weighted by molar-refractivity contribution is -0.142. The van der Waals surface area contributed by atoms with Crippen LogP contribution in [-0.4, -0.2) is 46.5 Å². The number of carboxylic acid groups (broad SMARTS) is 1. The minimum Gasteiger partial charge on any atom is -0.481 e. The van der Waals surface area contributed by atoms with E-state index in [1.807, 2.05) is 12.1 Å². The van der Waals surface area contributed by atoms with Crippen molar-refractivity contribution in [3.8, 4) is 0 Å². The number of pyridine rings is 1. The maximum atomic E-state index is 11.8. The summed E-state index contributed by atoms with van der Waals surface area (Å²) in [6, 6.07) is 3.64. The summed E-state index contributed by atoms with van der Waals surface area (Å²) in [5.74, 6) is -1.51. The molecule has 0 bridgehead atoms. The third kappa shape index (κ3) is 3.04. The number of hydrogen-bond donors (Lipinski definition) is 2. The van der Waals surface area contributed by atoms with Gasteiger partial charge in [-0.25, -0.2) is 0 Å². The van der Waals surface area contributed by atoms with Crippen molar-refractivity contribution < 1.29 is 14.7 Å². The molecule has 2 N–H and O–H groups in total. The number of nitrogens with zero attached hydrogens (tertiary/aromatic N) is 2. The number of hydrogen-bond acceptors (Lipinski definition) is 4. The quantitative estimate of drug-likeness (QED) is 0.769. The highest BCUT2D eigenvalue weighted by molar-refractivity contribution is 5.80. The second-order valence-corrected chi connectivity index (χ2v) is 4.30. The maximum absolute atomic E-state index is 11.8. The Morgan fingerprint density at radius 3 is 2.89 bits per heavy atom. The van der Waals surface area contributed by atoms with Gasteiger partial charge in [0.15, 0.2) is 0 Å². The topological polar surface area (TPSA) is 82.5 Å². The number of amides is 1. The van der Waals surface area contributed by atoms with E-state index in [1.165, 1.54) is 0 Å². The Morgan fingerprint density at radius 1 is 1.50 bits per heavy atom. The molecule has 1 amide bonds. The van der Waals surface area contributed by atoms with Crippen molar-refractivity contribution in [3.05, 3.63) is 30.1 Å². The molecule has 1 aromatic heterocycles. The minimum absolute atomic E-state index is 0.0736. The smallest absolute Gasteiger partial charge is 0.309 e. The van der Waals surface area contributed by atoms with Crippen molar-refractivity contribution in [3.63, 3.8) is 0 Å². The average molecular weight is 249 g/mol. The summed E-state index contributed by atoms with van der Waals surface area (Å²) >= 11 is 0. The molecule has 96 valence electrons. The van der Waals surface area contributed by atoms with E-state index in [0.29, 0.717) is 13.1 Å². The van der Waals surface area contributed by atoms with Crippen LogP contribution in [-0.2, 0) is 16.1 Å². The first-order valence-electron chi connectivity index (χ1n) is 5.77. The maximum Gasteiger partial charge on any atom is 0.309 e. The Labute approximate surface area is 105 Å². The Balaban J connectivity index is 2.08. The number of carbonyl (C=O) groups excluding carboxylic acids is 1. The molecule has 1 aliphatic heterocycles. The average Bonchev–Trinajstić information content (AvgIpc) is 2.54. The molecule has 6 heteroatoms. The van der Waals surface area contributed by atoms with Crippen LogP contribution >= 0.6 is 0 Å². The fraction of sp³-hybridized carbons (Fsp3) is 0.417. The third-order valence-corrected chi connectivity index (χ3v) is 2.93. The standard InChI is InChI=1S/C12H15N3O3/c16-11-6-14-5-10(12(17)18)8-15(11)7-9-1-3-13-4-2-9/h1-4,10,14H,5-8H2,(H,17,18). The monoisotopic (exact) mass is 249 g/mol. The summed E-state index contributed by atoms with van der Waals surface area (Å²) in [4.78, 5) is 28.4. The summed E-state index contributed by atoms with van der Waals surface area (Å²) in [6.45, 7) is 1.18. The lowest BCUT2D eigenvalue weighted by atomic mass is 10.1. The van der Waals surface area contributed by atoms with Gasteiger partial charge in [0.05, 0.1) is 12.5 Å². The lowest BCUT2D eigenvalue weighted by Crippen LogP contribution is -2.36. The van der Waals surface area contributed by atoms with Gasteiger partial charge in [0.1, 0.15) is 0 Å². The molecule has 1 atom stereocenters. The van der Waals surface area contributed by atoms with Crippen LogP contribution < -0.4 is 5.32 Å². The number of nitrogens with one attached hydrogen (secondary N) is 1. The molecule has 1 unspecified atom stereocenters. The van der Waals surface area contributed by atoms with Gasteiger partial charge in [-0.05, 0) is 17.7 Å². The van der Waals surface area contributed by atoms with E-state index in [9.17, 15) is 9.59 Å². The molecule has 2 heterocycles. The van der Waals surface area contributed by atoms with E-state index in [2.05, 4.69) is 10.3 Å². The highest BCUT2D eigenvalue weighted by Crippen LogP contribution is 2.10. The summed E-state index contributed by atoms with van der Waals surface area (Å²) in [5.41, 5.74) is 0.949. The number of carboxylic acids is 1. The van der Waals surface area contributed by atoms with Crippen molar-refractivity contribution >= 4 is 11.9 Å². The summed E-state index contributed by atoms with van der Waals surface area (Å²) in [5, 5.41) is 11.9. The lowest BCUT2D eigenvalue weighted by Gasteiger charge is -2.22. The number of carbonyl (C=O) groups is 2. The molecule has 0 saturated carbocycles. The van der Waals surface area contributed by atoms with Gasteiger partial charge < -0.3 is 15.3 Å². The molecule has 0 aromatic carbocycles. The number of rotatable bonds is 3. The van der Waals surface area contributed by atoms with Crippen LogP contribution in [0.15, 0.2) is 24.5 Å². The van der Waals surface area contributed by atoms with Crippen LogP contribution in [0, 0.1) is 5.92 Å². The van der Waals surface area contributed by atoms with Crippen LogP contribution in [0.1, 0.15) is 5.56 Å². The third-order valence-electron chi connectivity index (χ3n) is 2.93. The Kier molecular flexibility index (Phi) is 3.88. The molecular weight excluding hydrogens is 234 g/mol. The molecule has 1 fully saturated rings. The normalized spacial score (nSPS) is 20.6. The molecule has 0 radical (unpaired) electrons. The van der Waals surface area contributed by atoms with E-state index in [0.717, 1.165) is 5.56 Å². The summed E-state index contributed by atoms with van der Waals surface area (Å²) < 4.78 is 0.